The molecule has 0 radical (unpaired) electrons. The second kappa shape index (κ2) is 5.05. The van der Waals surface area contributed by atoms with Gasteiger partial charge in [0.25, 0.3) is 0 Å². The minimum atomic E-state index is -0.402. The third kappa shape index (κ3) is 2.18. The average Bonchev–Trinajstić information content (AvgIpc) is 2.90. The van der Waals surface area contributed by atoms with Crippen molar-refractivity contribution in [2.75, 3.05) is 7.11 Å². The Morgan fingerprint density at radius 1 is 1.35 bits per heavy atom. The molecule has 3 rings (SSSR count). The number of pyridine rings is 1. The minimum absolute atomic E-state index is 0.402. The number of halogens is 1. The van der Waals surface area contributed by atoms with Crippen LogP contribution in [0, 0.1) is 0 Å². The van der Waals surface area contributed by atoms with Gasteiger partial charge >= 0.3 is 5.97 Å². The molecule has 6 heteroatoms. The van der Waals surface area contributed by atoms with Gasteiger partial charge in [0.05, 0.1) is 18.2 Å². The summed E-state index contributed by atoms with van der Waals surface area (Å²) in [6.07, 6.45) is 3.41. The third-order valence-corrected chi connectivity index (χ3v) is 3.33. The van der Waals surface area contributed by atoms with Gasteiger partial charge in [0.1, 0.15) is 11.3 Å². The van der Waals surface area contributed by atoms with E-state index in [2.05, 4.69) is 30.9 Å². The summed E-state index contributed by atoms with van der Waals surface area (Å²) in [7, 11) is 1.35. The number of fused-ring (bicyclic) bond motifs is 1. The molecular weight excluding hydrogens is 322 g/mol. The van der Waals surface area contributed by atoms with Crippen molar-refractivity contribution >= 4 is 32.9 Å². The lowest BCUT2D eigenvalue weighted by Gasteiger charge is -1.98. The summed E-state index contributed by atoms with van der Waals surface area (Å²) >= 11 is 3.37. The number of para-hydroxylation sites is 1. The fourth-order valence-corrected chi connectivity index (χ4v) is 2.35. The van der Waals surface area contributed by atoms with Gasteiger partial charge in [-0.25, -0.2) is 9.78 Å². The maximum atomic E-state index is 11.7. The number of ether oxygens (including phenoxy) is 1. The number of hydrogen-bond acceptors (Lipinski definition) is 4. The van der Waals surface area contributed by atoms with Crippen LogP contribution in [0.2, 0.25) is 0 Å². The van der Waals surface area contributed by atoms with Crippen LogP contribution in [0.5, 0.6) is 0 Å². The normalized spacial score (nSPS) is 10.7. The Labute approximate surface area is 123 Å². The number of aromatic amines is 1. The highest BCUT2D eigenvalue weighted by molar-refractivity contribution is 9.10. The van der Waals surface area contributed by atoms with Gasteiger partial charge in [-0.05, 0) is 34.1 Å². The monoisotopic (exact) mass is 331 g/mol. The summed E-state index contributed by atoms with van der Waals surface area (Å²) in [5.74, 6) is 0.256. The quantitative estimate of drug-likeness (QED) is 0.732. The summed E-state index contributed by atoms with van der Waals surface area (Å²) in [5, 5.41) is 0. The van der Waals surface area contributed by atoms with Crippen molar-refractivity contribution in [1.82, 2.24) is 15.0 Å². The molecule has 0 unspecified atom stereocenters. The Hall–Kier alpha value is -2.21. The third-order valence-electron chi connectivity index (χ3n) is 2.90. The first kappa shape index (κ1) is 12.8. The standard InChI is InChI=1S/C14H10BrN3O2/c1-20-14(19)10-3-2-4-11-12(10)18-13(17-11)8-5-9(15)7-16-6-8/h2-7H,1H3,(H,17,18). The lowest BCUT2D eigenvalue weighted by atomic mass is 10.2. The van der Waals surface area contributed by atoms with Crippen LogP contribution in [0.4, 0.5) is 0 Å². The predicted octanol–water partition coefficient (Wildman–Crippen LogP) is 3.17. The molecule has 0 amide bonds. The molecule has 0 fully saturated rings. The largest absolute Gasteiger partial charge is 0.465 e. The van der Waals surface area contributed by atoms with Crippen molar-refractivity contribution in [2.24, 2.45) is 0 Å². The molecular formula is C14H10BrN3O2. The Balaban J connectivity index is 2.18. The predicted molar refractivity (Wildman–Crippen MR) is 78.4 cm³/mol. The summed E-state index contributed by atoms with van der Waals surface area (Å²) in [4.78, 5) is 23.5. The number of H-pyrrole nitrogens is 1. The van der Waals surface area contributed by atoms with Crippen LogP contribution in [0.25, 0.3) is 22.4 Å². The zero-order valence-electron chi connectivity index (χ0n) is 10.6. The van der Waals surface area contributed by atoms with Crippen LogP contribution in [0.3, 0.4) is 0 Å². The molecule has 0 saturated heterocycles. The SMILES string of the molecule is COC(=O)c1cccc2[nH]c(-c3cncc(Br)c3)nc12. The Morgan fingerprint density at radius 3 is 2.95 bits per heavy atom. The second-order valence-corrected chi connectivity index (χ2v) is 5.09. The first-order valence-corrected chi connectivity index (χ1v) is 6.66. The number of nitrogens with zero attached hydrogens (tertiary/aromatic N) is 2. The van der Waals surface area contributed by atoms with Crippen LogP contribution in [0.15, 0.2) is 41.1 Å². The molecule has 20 heavy (non-hydrogen) atoms. The zero-order chi connectivity index (χ0) is 14.1. The molecule has 2 heterocycles. The van der Waals surface area contributed by atoms with E-state index in [1.807, 2.05) is 12.1 Å². The fraction of sp³-hybridized carbons (Fsp3) is 0.0714. The highest BCUT2D eigenvalue weighted by Crippen LogP contribution is 2.24. The summed E-state index contributed by atoms with van der Waals surface area (Å²) in [6.45, 7) is 0. The zero-order valence-corrected chi connectivity index (χ0v) is 12.1. The van der Waals surface area contributed by atoms with E-state index in [1.165, 1.54) is 7.11 Å². The van der Waals surface area contributed by atoms with E-state index >= 15 is 0 Å². The van der Waals surface area contributed by atoms with Crippen LogP contribution in [-0.4, -0.2) is 28.0 Å². The molecule has 0 aliphatic carbocycles. The molecule has 1 aromatic carbocycles. The number of rotatable bonds is 2. The highest BCUT2D eigenvalue weighted by atomic mass is 79.9. The molecule has 100 valence electrons. The number of carbonyl (C=O) groups is 1. The minimum Gasteiger partial charge on any atom is -0.465 e. The number of carbonyl (C=O) groups excluding carboxylic acids is 1. The Kier molecular flexibility index (Phi) is 3.23. The topological polar surface area (TPSA) is 67.9 Å². The second-order valence-electron chi connectivity index (χ2n) is 4.17. The van der Waals surface area contributed by atoms with Crippen molar-refractivity contribution in [3.8, 4) is 11.4 Å². The van der Waals surface area contributed by atoms with E-state index < -0.39 is 5.97 Å². The van der Waals surface area contributed by atoms with Gasteiger partial charge in [0.15, 0.2) is 0 Å². The lowest BCUT2D eigenvalue weighted by Crippen LogP contribution is -2.01. The van der Waals surface area contributed by atoms with Crippen LogP contribution in [0.1, 0.15) is 10.4 Å². The fourth-order valence-electron chi connectivity index (χ4n) is 1.98. The van der Waals surface area contributed by atoms with Crippen LogP contribution >= 0.6 is 15.9 Å². The first-order chi connectivity index (χ1) is 9.69. The van der Waals surface area contributed by atoms with Gasteiger partial charge in [-0.2, -0.15) is 0 Å². The smallest absolute Gasteiger partial charge is 0.340 e. The van der Waals surface area contributed by atoms with Gasteiger partial charge in [-0.3, -0.25) is 4.98 Å². The Bertz CT molecular complexity index is 798. The molecule has 0 aliphatic heterocycles. The molecule has 3 aromatic rings. The molecule has 0 aliphatic rings. The van der Waals surface area contributed by atoms with Crippen molar-refractivity contribution in [1.29, 1.82) is 0 Å². The van der Waals surface area contributed by atoms with Gasteiger partial charge in [0.2, 0.25) is 0 Å². The molecule has 2 aromatic heterocycles. The number of methoxy groups -OCH3 is 1. The number of esters is 1. The highest BCUT2D eigenvalue weighted by Gasteiger charge is 2.14. The van der Waals surface area contributed by atoms with Gasteiger partial charge in [0, 0.05) is 22.4 Å². The van der Waals surface area contributed by atoms with E-state index in [0.717, 1.165) is 15.6 Å². The number of hydrogen-bond donors (Lipinski definition) is 1. The first-order valence-electron chi connectivity index (χ1n) is 5.87. The van der Waals surface area contributed by atoms with Crippen molar-refractivity contribution in [3.63, 3.8) is 0 Å². The van der Waals surface area contributed by atoms with E-state index in [0.29, 0.717) is 16.9 Å². The number of nitrogens with one attached hydrogen (secondary N) is 1. The maximum absolute atomic E-state index is 11.7. The Morgan fingerprint density at radius 2 is 2.20 bits per heavy atom. The summed E-state index contributed by atoms with van der Waals surface area (Å²) in [6, 6.07) is 7.25. The molecule has 0 spiro atoms. The maximum Gasteiger partial charge on any atom is 0.340 e. The molecule has 0 atom stereocenters. The van der Waals surface area contributed by atoms with Crippen LogP contribution < -0.4 is 0 Å². The van der Waals surface area contributed by atoms with Crippen molar-refractivity contribution in [3.05, 3.63) is 46.7 Å². The van der Waals surface area contributed by atoms with E-state index in [1.54, 1.807) is 24.5 Å². The molecule has 1 N–H and O–H groups in total. The van der Waals surface area contributed by atoms with Gasteiger partial charge in [-0.1, -0.05) is 6.07 Å². The lowest BCUT2D eigenvalue weighted by molar-refractivity contribution is 0.0603. The molecule has 0 saturated carbocycles. The average molecular weight is 332 g/mol. The van der Waals surface area contributed by atoms with E-state index in [9.17, 15) is 4.79 Å². The molecule has 0 bridgehead atoms. The summed E-state index contributed by atoms with van der Waals surface area (Å²) < 4.78 is 5.63. The van der Waals surface area contributed by atoms with Gasteiger partial charge in [-0.15, -0.1) is 0 Å². The van der Waals surface area contributed by atoms with E-state index in [-0.39, 0.29) is 0 Å². The number of aromatic nitrogens is 3. The van der Waals surface area contributed by atoms with E-state index in [4.69, 9.17) is 4.74 Å². The summed E-state index contributed by atoms with van der Waals surface area (Å²) in [5.41, 5.74) is 2.65. The van der Waals surface area contributed by atoms with Crippen molar-refractivity contribution < 1.29 is 9.53 Å². The van der Waals surface area contributed by atoms with Crippen LogP contribution in [-0.2, 0) is 4.74 Å². The number of imidazole rings is 1. The van der Waals surface area contributed by atoms with Gasteiger partial charge < -0.3 is 9.72 Å². The molecule has 5 nitrogen and oxygen atoms in total. The number of benzene rings is 1. The van der Waals surface area contributed by atoms with Crippen molar-refractivity contribution in [2.45, 2.75) is 0 Å².